The number of ketones is 2. The molecule has 0 aliphatic heterocycles. The number of aromatic nitrogens is 1. The van der Waals surface area contributed by atoms with Crippen molar-refractivity contribution in [2.75, 3.05) is 6.26 Å². The van der Waals surface area contributed by atoms with Crippen LogP contribution in [0.15, 0.2) is 53.1 Å². The Hall–Kier alpha value is -3.67. The maximum Gasteiger partial charge on any atom is 0.255 e. The van der Waals surface area contributed by atoms with E-state index < -0.39 is 68.9 Å². The van der Waals surface area contributed by atoms with Gasteiger partial charge in [-0.1, -0.05) is 17.2 Å². The average Bonchev–Trinajstić information content (AvgIpc) is 2.83. The zero-order chi connectivity index (χ0) is 26.8. The van der Waals surface area contributed by atoms with Crippen LogP contribution in [0.1, 0.15) is 34.3 Å². The van der Waals surface area contributed by atoms with Crippen LogP contribution in [0.2, 0.25) is 0 Å². The molecule has 2 aromatic rings. The van der Waals surface area contributed by atoms with Gasteiger partial charge in [-0.25, -0.2) is 0 Å². The van der Waals surface area contributed by atoms with E-state index in [0.717, 1.165) is 0 Å². The van der Waals surface area contributed by atoms with Crippen LogP contribution in [0.3, 0.4) is 0 Å². The second-order valence-electron chi connectivity index (χ2n) is 9.63. The molecule has 0 radical (unpaired) electrons. The summed E-state index contributed by atoms with van der Waals surface area (Å²) in [6, 6.07) is 6.88. The summed E-state index contributed by atoms with van der Waals surface area (Å²) in [5, 5.41) is 44.0. The molecule has 0 spiro atoms. The minimum absolute atomic E-state index is 0.0338. The van der Waals surface area contributed by atoms with E-state index in [1.54, 1.807) is 30.5 Å². The topological polar surface area (TPSA) is 194 Å². The Morgan fingerprint density at radius 3 is 2.59 bits per heavy atom. The van der Waals surface area contributed by atoms with E-state index >= 15 is 0 Å². The molecule has 0 bridgehead atoms. The van der Waals surface area contributed by atoms with Gasteiger partial charge in [0.15, 0.2) is 11.4 Å². The number of Topliss-reactive ketones (excluding diaryl/α,β-unsaturated/α-hetero) is 2. The summed E-state index contributed by atoms with van der Waals surface area (Å²) in [5.41, 5.74) is 3.21. The number of aliphatic hydroxyl groups excluding tert-OH is 2. The van der Waals surface area contributed by atoms with Crippen molar-refractivity contribution >= 4 is 28.6 Å². The molecule has 6 N–H and O–H groups in total. The van der Waals surface area contributed by atoms with Crippen LogP contribution in [-0.2, 0) is 32.9 Å². The number of carbonyl (C=O) groups excluding carboxylic acids is 3. The van der Waals surface area contributed by atoms with Gasteiger partial charge in [-0.2, -0.15) is 0 Å². The van der Waals surface area contributed by atoms with Crippen molar-refractivity contribution in [1.29, 1.82) is 0 Å². The summed E-state index contributed by atoms with van der Waals surface area (Å²) in [6.45, 7) is 0. The first-order valence-corrected chi connectivity index (χ1v) is 13.3. The van der Waals surface area contributed by atoms with E-state index in [2.05, 4.69) is 4.98 Å². The van der Waals surface area contributed by atoms with Crippen molar-refractivity contribution in [3.05, 3.63) is 69.8 Å². The SMILES string of the molecule is C[S+]([O-])Cc1cc(-c2ccccn2)c2c(c1O)C(=O)C1=C(O)[C@]3(O)C(=O)C(C(N)=O)=C(O)C[C@@H]3C[C@@H]1C2. The molecule has 1 aromatic heterocycles. The van der Waals surface area contributed by atoms with Crippen molar-refractivity contribution in [2.24, 2.45) is 17.6 Å². The molecule has 10 nitrogen and oxygen atoms in total. The number of phenols is 1. The fraction of sp³-hybridized carbons (Fsp3) is 0.308. The lowest BCUT2D eigenvalue weighted by Gasteiger charge is -2.45. The molecule has 3 aliphatic carbocycles. The van der Waals surface area contributed by atoms with Crippen molar-refractivity contribution < 1.29 is 39.4 Å². The highest BCUT2D eigenvalue weighted by Gasteiger charge is 2.59. The molecule has 11 heteroatoms. The molecule has 0 saturated carbocycles. The number of carbonyl (C=O) groups is 3. The highest BCUT2D eigenvalue weighted by atomic mass is 32.2. The Kier molecular flexibility index (Phi) is 5.89. The van der Waals surface area contributed by atoms with Gasteiger partial charge in [0.25, 0.3) is 5.91 Å². The first kappa shape index (κ1) is 25.0. The zero-order valence-electron chi connectivity index (χ0n) is 19.7. The third kappa shape index (κ3) is 3.64. The first-order valence-electron chi connectivity index (χ1n) is 11.5. The lowest BCUT2D eigenvalue weighted by Crippen LogP contribution is -2.57. The fourth-order valence-corrected chi connectivity index (χ4v) is 6.48. The lowest BCUT2D eigenvalue weighted by molar-refractivity contribution is -0.144. The quantitative estimate of drug-likeness (QED) is 0.291. The number of hydrogen-bond donors (Lipinski definition) is 5. The van der Waals surface area contributed by atoms with Crippen LogP contribution in [0.5, 0.6) is 5.75 Å². The number of hydrogen-bond acceptors (Lipinski definition) is 9. The number of rotatable bonds is 4. The number of nitrogens with zero attached hydrogens (tertiary/aromatic N) is 1. The summed E-state index contributed by atoms with van der Waals surface area (Å²) >= 11 is -1.36. The molecule has 37 heavy (non-hydrogen) atoms. The van der Waals surface area contributed by atoms with Gasteiger partial charge in [0.2, 0.25) is 5.78 Å². The minimum Gasteiger partial charge on any atom is -0.616 e. The van der Waals surface area contributed by atoms with Crippen LogP contribution >= 0.6 is 0 Å². The van der Waals surface area contributed by atoms with Crippen LogP contribution in [0.4, 0.5) is 0 Å². The number of fused-ring (bicyclic) bond motifs is 3. The second kappa shape index (κ2) is 8.72. The maximum atomic E-state index is 13.9. The van der Waals surface area contributed by atoms with E-state index in [4.69, 9.17) is 5.73 Å². The predicted octanol–water partition coefficient (Wildman–Crippen LogP) is 1.52. The molecule has 4 atom stereocenters. The minimum atomic E-state index is -2.63. The van der Waals surface area contributed by atoms with Crippen LogP contribution < -0.4 is 5.73 Å². The van der Waals surface area contributed by atoms with E-state index in [1.165, 1.54) is 6.26 Å². The summed E-state index contributed by atoms with van der Waals surface area (Å²) < 4.78 is 12.0. The number of aliphatic hydroxyl groups is 3. The standard InChI is InChI=1S/C26H24N2O8S/c1-37(36)10-12-8-14(16-4-2-3-5-28-16)15-7-11-6-13-9-17(29)20(25(27)34)24(33)26(13,35)23(32)18(11)22(31)19(15)21(12)30/h2-5,8,11,13,29-30,32,35H,6-7,9-10H2,1H3,(H2,27,34)/t11-,13+,26+,37?/m1/s1. The average molecular weight is 525 g/mol. The molecule has 0 saturated heterocycles. The first-order chi connectivity index (χ1) is 17.5. The predicted molar refractivity (Wildman–Crippen MR) is 132 cm³/mol. The molecule has 192 valence electrons. The number of aromatic hydroxyl groups is 1. The third-order valence-electron chi connectivity index (χ3n) is 7.44. The Balaban J connectivity index is 1.73. The van der Waals surface area contributed by atoms with Crippen LogP contribution in [-0.4, -0.2) is 59.3 Å². The summed E-state index contributed by atoms with van der Waals surface area (Å²) in [4.78, 5) is 43.1. The highest BCUT2D eigenvalue weighted by Crippen LogP contribution is 2.52. The Morgan fingerprint density at radius 1 is 1.24 bits per heavy atom. The van der Waals surface area contributed by atoms with Gasteiger partial charge in [-0.3, -0.25) is 19.4 Å². The molecule has 5 rings (SSSR count). The maximum absolute atomic E-state index is 13.9. The fourth-order valence-electron chi connectivity index (χ4n) is 5.82. The zero-order valence-corrected chi connectivity index (χ0v) is 20.5. The van der Waals surface area contributed by atoms with Gasteiger partial charge in [-0.05, 0) is 42.5 Å². The molecule has 1 unspecified atom stereocenters. The number of phenolic OH excluding ortho intramolecular Hbond substituents is 1. The summed E-state index contributed by atoms with van der Waals surface area (Å²) in [5.74, 6) is -6.92. The van der Waals surface area contributed by atoms with E-state index in [1.807, 2.05) is 0 Å². The molecule has 1 aromatic carbocycles. The molecule has 0 fully saturated rings. The number of primary amides is 1. The summed E-state index contributed by atoms with van der Waals surface area (Å²) in [6.07, 6.45) is 2.93. The van der Waals surface area contributed by atoms with E-state index in [0.29, 0.717) is 16.8 Å². The van der Waals surface area contributed by atoms with Gasteiger partial charge in [0.1, 0.15) is 28.6 Å². The van der Waals surface area contributed by atoms with Gasteiger partial charge >= 0.3 is 0 Å². The summed E-state index contributed by atoms with van der Waals surface area (Å²) in [7, 11) is 0. The van der Waals surface area contributed by atoms with Crippen molar-refractivity contribution in [1.82, 2.24) is 4.98 Å². The molecule has 1 heterocycles. The number of nitrogens with two attached hydrogens (primary N) is 1. The number of allylic oxidation sites excluding steroid dienone is 2. The third-order valence-corrected chi connectivity index (χ3v) is 8.16. The second-order valence-corrected chi connectivity index (χ2v) is 11.1. The molecule has 1 amide bonds. The highest BCUT2D eigenvalue weighted by molar-refractivity contribution is 7.89. The van der Waals surface area contributed by atoms with Crippen molar-refractivity contribution in [3.63, 3.8) is 0 Å². The van der Waals surface area contributed by atoms with E-state index in [-0.39, 0.29) is 41.7 Å². The van der Waals surface area contributed by atoms with Gasteiger partial charge in [0.05, 0.1) is 17.5 Å². The van der Waals surface area contributed by atoms with E-state index in [9.17, 15) is 39.4 Å². The molecular formula is C26H24N2O8S. The Morgan fingerprint density at radius 2 is 1.97 bits per heavy atom. The molecular weight excluding hydrogens is 500 g/mol. The number of benzene rings is 1. The Labute approximate surface area is 214 Å². The van der Waals surface area contributed by atoms with Gasteiger partial charge < -0.3 is 30.7 Å². The largest absolute Gasteiger partial charge is 0.616 e. The van der Waals surface area contributed by atoms with Crippen LogP contribution in [0.25, 0.3) is 11.3 Å². The normalized spacial score (nSPS) is 25.9. The monoisotopic (exact) mass is 524 g/mol. The Bertz CT molecular complexity index is 1430. The van der Waals surface area contributed by atoms with Crippen molar-refractivity contribution in [2.45, 2.75) is 30.6 Å². The van der Waals surface area contributed by atoms with Gasteiger partial charge in [-0.15, -0.1) is 0 Å². The van der Waals surface area contributed by atoms with Crippen LogP contribution in [0, 0.1) is 11.8 Å². The van der Waals surface area contributed by atoms with Gasteiger partial charge in [0, 0.05) is 35.2 Å². The van der Waals surface area contributed by atoms with Crippen molar-refractivity contribution in [3.8, 4) is 17.0 Å². The number of pyridine rings is 1. The smallest absolute Gasteiger partial charge is 0.255 e. The number of amides is 1. The lowest BCUT2D eigenvalue weighted by atomic mass is 9.60. The molecule has 3 aliphatic rings.